The van der Waals surface area contributed by atoms with Crippen LogP contribution in [-0.2, 0) is 16.1 Å². The van der Waals surface area contributed by atoms with E-state index in [0.717, 1.165) is 35.3 Å². The summed E-state index contributed by atoms with van der Waals surface area (Å²) in [4.78, 5) is 27.2. The number of hydrogen-bond donors (Lipinski definition) is 1. The maximum atomic E-state index is 12.9. The molecule has 0 radical (unpaired) electrons. The minimum Gasteiger partial charge on any atom is -0.338 e. The summed E-state index contributed by atoms with van der Waals surface area (Å²) in [7, 11) is 0. The number of nitrogens with zero attached hydrogens (tertiary/aromatic N) is 3. The van der Waals surface area contributed by atoms with Crippen LogP contribution in [0.3, 0.4) is 0 Å². The van der Waals surface area contributed by atoms with Crippen LogP contribution in [0.2, 0.25) is 5.15 Å². The fourth-order valence-electron chi connectivity index (χ4n) is 4.03. The molecule has 1 atom stereocenters. The predicted molar refractivity (Wildman–Crippen MR) is 131 cm³/mol. The van der Waals surface area contributed by atoms with Crippen molar-refractivity contribution in [3.63, 3.8) is 0 Å². The van der Waals surface area contributed by atoms with Crippen molar-refractivity contribution in [3.05, 3.63) is 88.7 Å². The van der Waals surface area contributed by atoms with Crippen LogP contribution in [0.5, 0.6) is 0 Å². The Labute approximate surface area is 198 Å². The first-order valence-electron chi connectivity index (χ1n) is 11.1. The zero-order valence-electron chi connectivity index (χ0n) is 18.6. The molecule has 2 amide bonds. The molecule has 7 heteroatoms. The SMILES string of the molecule is Cc1nn(Cc2ccccc2)c(Cl)c1/C=C/C(=O)N1CCCC(C(=O)Nc2ccccc2)C1. The smallest absolute Gasteiger partial charge is 0.246 e. The molecular formula is C26H27ClN4O2. The van der Waals surface area contributed by atoms with Gasteiger partial charge in [-0.3, -0.25) is 9.59 Å². The lowest BCUT2D eigenvalue weighted by Gasteiger charge is -2.31. The van der Waals surface area contributed by atoms with E-state index in [1.807, 2.05) is 67.6 Å². The van der Waals surface area contributed by atoms with E-state index in [1.165, 1.54) is 6.08 Å². The van der Waals surface area contributed by atoms with Crippen molar-refractivity contribution >= 4 is 35.2 Å². The van der Waals surface area contributed by atoms with Crippen LogP contribution in [0.15, 0.2) is 66.7 Å². The molecule has 0 aliphatic carbocycles. The molecule has 0 bridgehead atoms. The Balaban J connectivity index is 1.39. The number of para-hydroxylation sites is 1. The number of aromatic nitrogens is 2. The first-order valence-corrected chi connectivity index (χ1v) is 11.5. The van der Waals surface area contributed by atoms with E-state index < -0.39 is 0 Å². The van der Waals surface area contributed by atoms with Gasteiger partial charge in [-0.15, -0.1) is 0 Å². The van der Waals surface area contributed by atoms with Gasteiger partial charge in [-0.25, -0.2) is 4.68 Å². The molecule has 1 aromatic heterocycles. The maximum Gasteiger partial charge on any atom is 0.246 e. The number of piperidine rings is 1. The molecule has 4 rings (SSSR count). The van der Waals surface area contributed by atoms with Crippen molar-refractivity contribution in [1.29, 1.82) is 0 Å². The molecule has 1 unspecified atom stereocenters. The van der Waals surface area contributed by atoms with Gasteiger partial charge in [0.25, 0.3) is 0 Å². The highest BCUT2D eigenvalue weighted by molar-refractivity contribution is 6.31. The predicted octanol–water partition coefficient (Wildman–Crippen LogP) is 4.78. The van der Waals surface area contributed by atoms with Gasteiger partial charge in [0.15, 0.2) is 0 Å². The van der Waals surface area contributed by atoms with Gasteiger partial charge in [-0.1, -0.05) is 60.1 Å². The number of amides is 2. The maximum absolute atomic E-state index is 12.9. The number of halogens is 1. The van der Waals surface area contributed by atoms with Gasteiger partial charge in [-0.2, -0.15) is 5.10 Å². The third-order valence-corrected chi connectivity index (χ3v) is 6.22. The van der Waals surface area contributed by atoms with Gasteiger partial charge >= 0.3 is 0 Å². The lowest BCUT2D eigenvalue weighted by molar-refractivity contribution is -0.130. The molecule has 1 fully saturated rings. The molecule has 0 saturated carbocycles. The number of carbonyl (C=O) groups excluding carboxylic acids is 2. The average Bonchev–Trinajstić information content (AvgIpc) is 3.10. The molecule has 1 saturated heterocycles. The quantitative estimate of drug-likeness (QED) is 0.536. The summed E-state index contributed by atoms with van der Waals surface area (Å²) >= 11 is 6.56. The monoisotopic (exact) mass is 462 g/mol. The lowest BCUT2D eigenvalue weighted by Crippen LogP contribution is -2.43. The fourth-order valence-corrected chi connectivity index (χ4v) is 4.33. The highest BCUT2D eigenvalue weighted by Crippen LogP contribution is 2.23. The number of hydrogen-bond acceptors (Lipinski definition) is 3. The number of nitrogens with one attached hydrogen (secondary N) is 1. The Bertz CT molecular complexity index is 1140. The highest BCUT2D eigenvalue weighted by atomic mass is 35.5. The Hall–Kier alpha value is -3.38. The number of rotatable bonds is 6. The zero-order valence-corrected chi connectivity index (χ0v) is 19.3. The Morgan fingerprint density at radius 3 is 2.55 bits per heavy atom. The summed E-state index contributed by atoms with van der Waals surface area (Å²) < 4.78 is 1.74. The summed E-state index contributed by atoms with van der Waals surface area (Å²) in [6, 6.07) is 19.3. The number of benzene rings is 2. The molecule has 1 N–H and O–H groups in total. The molecule has 2 heterocycles. The summed E-state index contributed by atoms with van der Waals surface area (Å²) in [5, 5.41) is 7.97. The van der Waals surface area contributed by atoms with Crippen molar-refractivity contribution in [2.45, 2.75) is 26.3 Å². The largest absolute Gasteiger partial charge is 0.338 e. The molecular weight excluding hydrogens is 436 g/mol. The van der Waals surface area contributed by atoms with Crippen LogP contribution in [0.25, 0.3) is 6.08 Å². The summed E-state index contributed by atoms with van der Waals surface area (Å²) in [6.45, 7) is 3.48. The van der Waals surface area contributed by atoms with E-state index in [9.17, 15) is 9.59 Å². The van der Waals surface area contributed by atoms with Crippen LogP contribution in [0.1, 0.15) is 29.7 Å². The second-order valence-corrected chi connectivity index (χ2v) is 8.60. The lowest BCUT2D eigenvalue weighted by atomic mass is 9.97. The van der Waals surface area contributed by atoms with Gasteiger partial charge in [0.2, 0.25) is 11.8 Å². The first kappa shape index (κ1) is 22.8. The number of aryl methyl sites for hydroxylation is 1. The Morgan fingerprint density at radius 1 is 1.12 bits per heavy atom. The van der Waals surface area contributed by atoms with E-state index in [4.69, 9.17) is 11.6 Å². The number of carbonyl (C=O) groups is 2. The second-order valence-electron chi connectivity index (χ2n) is 8.25. The van der Waals surface area contributed by atoms with Gasteiger partial charge < -0.3 is 10.2 Å². The van der Waals surface area contributed by atoms with E-state index >= 15 is 0 Å². The highest BCUT2D eigenvalue weighted by Gasteiger charge is 2.27. The standard InChI is InChI=1S/C26H27ClN4O2/c1-19-23(25(27)31(29-19)17-20-9-4-2-5-10-20)14-15-24(32)30-16-8-11-21(18-30)26(33)28-22-12-6-3-7-13-22/h2-7,9-10,12-15,21H,8,11,16-18H2,1H3,(H,28,33)/b15-14+. The molecule has 2 aromatic carbocycles. The molecule has 170 valence electrons. The molecule has 33 heavy (non-hydrogen) atoms. The zero-order chi connectivity index (χ0) is 23.2. The van der Waals surface area contributed by atoms with Crippen LogP contribution >= 0.6 is 11.6 Å². The normalized spacial score (nSPS) is 16.2. The molecule has 1 aliphatic heterocycles. The minimum absolute atomic E-state index is 0.0521. The molecule has 6 nitrogen and oxygen atoms in total. The van der Waals surface area contributed by atoms with Crippen LogP contribution < -0.4 is 5.32 Å². The first-order chi connectivity index (χ1) is 16.0. The Morgan fingerprint density at radius 2 is 1.82 bits per heavy atom. The van der Waals surface area contributed by atoms with Gasteiger partial charge in [0.1, 0.15) is 5.15 Å². The fraction of sp³-hybridized carbons (Fsp3) is 0.269. The molecule has 3 aromatic rings. The van der Waals surface area contributed by atoms with Crippen molar-refractivity contribution in [2.75, 3.05) is 18.4 Å². The number of likely N-dealkylation sites (tertiary alicyclic amines) is 1. The van der Waals surface area contributed by atoms with Crippen LogP contribution in [0, 0.1) is 12.8 Å². The summed E-state index contributed by atoms with van der Waals surface area (Å²) in [5.41, 5.74) is 3.36. The minimum atomic E-state index is -0.227. The van der Waals surface area contributed by atoms with Crippen molar-refractivity contribution in [2.24, 2.45) is 5.92 Å². The average molecular weight is 463 g/mol. The Kier molecular flexibility index (Phi) is 7.25. The number of anilines is 1. The summed E-state index contributed by atoms with van der Waals surface area (Å²) in [6.07, 6.45) is 4.81. The van der Waals surface area contributed by atoms with E-state index in [1.54, 1.807) is 15.7 Å². The van der Waals surface area contributed by atoms with Gasteiger partial charge in [0.05, 0.1) is 18.2 Å². The van der Waals surface area contributed by atoms with Crippen molar-refractivity contribution < 1.29 is 9.59 Å². The molecule has 0 spiro atoms. The van der Waals surface area contributed by atoms with E-state index in [-0.39, 0.29) is 17.7 Å². The second kappa shape index (κ2) is 10.5. The summed E-state index contributed by atoms with van der Waals surface area (Å²) in [5.74, 6) is -0.405. The van der Waals surface area contributed by atoms with Gasteiger partial charge in [0, 0.05) is 30.4 Å². The van der Waals surface area contributed by atoms with Crippen LogP contribution in [-0.4, -0.2) is 39.6 Å². The molecule has 1 aliphatic rings. The third-order valence-electron chi connectivity index (χ3n) is 5.82. The van der Waals surface area contributed by atoms with E-state index in [0.29, 0.717) is 24.8 Å². The van der Waals surface area contributed by atoms with Gasteiger partial charge in [-0.05, 0) is 43.5 Å². The topological polar surface area (TPSA) is 67.2 Å². The van der Waals surface area contributed by atoms with Crippen molar-refractivity contribution in [1.82, 2.24) is 14.7 Å². The van der Waals surface area contributed by atoms with Crippen molar-refractivity contribution in [3.8, 4) is 0 Å². The third kappa shape index (κ3) is 5.71. The van der Waals surface area contributed by atoms with Crippen LogP contribution in [0.4, 0.5) is 5.69 Å². The van der Waals surface area contributed by atoms with E-state index in [2.05, 4.69) is 10.4 Å².